The number of sulfonamides is 1. The van der Waals surface area contributed by atoms with Crippen LogP contribution in [-0.4, -0.2) is 48.8 Å². The maximum Gasteiger partial charge on any atom is 0.231 e. The van der Waals surface area contributed by atoms with Crippen LogP contribution in [0.25, 0.3) is 11.4 Å². The molecule has 7 nitrogen and oxygen atoms in total. The van der Waals surface area contributed by atoms with Crippen molar-refractivity contribution in [3.05, 3.63) is 30.2 Å². The molecule has 136 valence electrons. The van der Waals surface area contributed by atoms with E-state index in [-0.39, 0.29) is 11.7 Å². The molecule has 3 rings (SSSR count). The number of nitrogens with zero attached hydrogens (tertiary/aromatic N) is 3. The quantitative estimate of drug-likeness (QED) is 0.782. The van der Waals surface area contributed by atoms with E-state index in [1.165, 1.54) is 0 Å². The van der Waals surface area contributed by atoms with E-state index in [0.717, 1.165) is 24.2 Å². The third-order valence-electron chi connectivity index (χ3n) is 4.38. The first-order valence-corrected chi connectivity index (χ1v) is 10.1. The predicted octanol–water partition coefficient (Wildman–Crippen LogP) is 2.66. The van der Waals surface area contributed by atoms with E-state index in [1.54, 1.807) is 11.4 Å². The second-order valence-electron chi connectivity index (χ2n) is 6.20. The molecule has 0 aliphatic carbocycles. The van der Waals surface area contributed by atoms with Gasteiger partial charge in [0, 0.05) is 18.7 Å². The second kappa shape index (κ2) is 7.53. The molecule has 2 heterocycles. The molecule has 1 aliphatic heterocycles. The van der Waals surface area contributed by atoms with Gasteiger partial charge in [0.05, 0.1) is 18.8 Å². The number of methoxy groups -OCH3 is 1. The maximum atomic E-state index is 12.3. The normalized spacial score (nSPS) is 19.0. The van der Waals surface area contributed by atoms with Gasteiger partial charge < -0.3 is 9.26 Å². The summed E-state index contributed by atoms with van der Waals surface area (Å²) in [6, 6.07) is 7.41. The molecule has 0 amide bonds. The van der Waals surface area contributed by atoms with Gasteiger partial charge >= 0.3 is 0 Å². The van der Waals surface area contributed by atoms with Crippen molar-refractivity contribution in [2.24, 2.45) is 0 Å². The van der Waals surface area contributed by atoms with Gasteiger partial charge in [0.15, 0.2) is 0 Å². The minimum atomic E-state index is -3.20. The SMILES string of the molecule is CCCS(=O)(=O)N1CCC[C@H](c2nc(-c3ccc(OC)cc3)no2)C1. The molecule has 1 saturated heterocycles. The third kappa shape index (κ3) is 4.01. The highest BCUT2D eigenvalue weighted by Gasteiger charge is 2.31. The van der Waals surface area contributed by atoms with Crippen LogP contribution in [0.2, 0.25) is 0 Å². The number of hydrogen-bond donors (Lipinski definition) is 0. The van der Waals surface area contributed by atoms with Crippen molar-refractivity contribution >= 4 is 10.0 Å². The van der Waals surface area contributed by atoms with Gasteiger partial charge in [0.2, 0.25) is 21.7 Å². The van der Waals surface area contributed by atoms with Crippen molar-refractivity contribution in [3.63, 3.8) is 0 Å². The summed E-state index contributed by atoms with van der Waals surface area (Å²) < 4.78 is 36.7. The zero-order chi connectivity index (χ0) is 17.9. The Kier molecular flexibility index (Phi) is 5.39. The fraction of sp³-hybridized carbons (Fsp3) is 0.529. The Morgan fingerprint density at radius 2 is 2.08 bits per heavy atom. The molecule has 1 aromatic heterocycles. The fourth-order valence-electron chi connectivity index (χ4n) is 3.04. The van der Waals surface area contributed by atoms with Crippen LogP contribution in [-0.2, 0) is 10.0 Å². The highest BCUT2D eigenvalue weighted by molar-refractivity contribution is 7.89. The van der Waals surface area contributed by atoms with E-state index in [1.807, 2.05) is 31.2 Å². The monoisotopic (exact) mass is 365 g/mol. The number of benzene rings is 1. The van der Waals surface area contributed by atoms with Crippen LogP contribution in [0.4, 0.5) is 0 Å². The summed E-state index contributed by atoms with van der Waals surface area (Å²) in [5.74, 6) is 1.89. The number of ether oxygens (including phenoxy) is 1. The number of piperidine rings is 1. The van der Waals surface area contributed by atoms with Gasteiger partial charge in [-0.25, -0.2) is 12.7 Å². The van der Waals surface area contributed by atoms with Gasteiger partial charge in [0.25, 0.3) is 0 Å². The fourth-order valence-corrected chi connectivity index (χ4v) is 4.63. The Hall–Kier alpha value is -1.93. The zero-order valence-electron chi connectivity index (χ0n) is 14.5. The Morgan fingerprint density at radius 3 is 2.76 bits per heavy atom. The molecule has 1 aromatic carbocycles. The van der Waals surface area contributed by atoms with Crippen LogP contribution < -0.4 is 4.74 Å². The number of aromatic nitrogens is 2. The minimum absolute atomic E-state index is 0.0557. The van der Waals surface area contributed by atoms with E-state index in [0.29, 0.717) is 31.2 Å². The summed E-state index contributed by atoms with van der Waals surface area (Å²) in [4.78, 5) is 4.48. The van der Waals surface area contributed by atoms with E-state index in [9.17, 15) is 8.42 Å². The molecule has 0 saturated carbocycles. The summed E-state index contributed by atoms with van der Waals surface area (Å²) in [7, 11) is -1.58. The van der Waals surface area contributed by atoms with Gasteiger partial charge in [-0.05, 0) is 43.5 Å². The minimum Gasteiger partial charge on any atom is -0.497 e. The first-order valence-electron chi connectivity index (χ1n) is 8.49. The van der Waals surface area contributed by atoms with Gasteiger partial charge in [-0.2, -0.15) is 4.98 Å². The predicted molar refractivity (Wildman–Crippen MR) is 93.9 cm³/mol. The Labute approximate surface area is 148 Å². The highest BCUT2D eigenvalue weighted by Crippen LogP contribution is 2.29. The molecule has 0 unspecified atom stereocenters. The smallest absolute Gasteiger partial charge is 0.231 e. The Morgan fingerprint density at radius 1 is 1.32 bits per heavy atom. The zero-order valence-corrected chi connectivity index (χ0v) is 15.3. The average Bonchev–Trinajstić information content (AvgIpc) is 3.12. The van der Waals surface area contributed by atoms with Crippen LogP contribution in [0.1, 0.15) is 38.0 Å². The van der Waals surface area contributed by atoms with Gasteiger partial charge in [-0.15, -0.1) is 0 Å². The average molecular weight is 365 g/mol. The Bertz CT molecular complexity index is 802. The standard InChI is InChI=1S/C17H23N3O4S/c1-3-11-25(21,22)20-10-4-5-14(12-20)17-18-16(19-24-17)13-6-8-15(23-2)9-7-13/h6-9,14H,3-5,10-12H2,1-2H3/t14-/m0/s1. The van der Waals surface area contributed by atoms with E-state index < -0.39 is 10.0 Å². The lowest BCUT2D eigenvalue weighted by atomic mass is 10.00. The summed E-state index contributed by atoms with van der Waals surface area (Å²) >= 11 is 0. The summed E-state index contributed by atoms with van der Waals surface area (Å²) in [5.41, 5.74) is 0.835. The van der Waals surface area contributed by atoms with Crippen molar-refractivity contribution < 1.29 is 17.7 Å². The topological polar surface area (TPSA) is 85.5 Å². The molecule has 8 heteroatoms. The summed E-state index contributed by atoms with van der Waals surface area (Å²) in [5, 5.41) is 4.05. The number of hydrogen-bond acceptors (Lipinski definition) is 6. The maximum absolute atomic E-state index is 12.3. The van der Waals surface area contributed by atoms with Gasteiger partial charge in [0.1, 0.15) is 5.75 Å². The molecule has 0 radical (unpaired) electrons. The first-order chi connectivity index (χ1) is 12.0. The molecule has 0 spiro atoms. The molecular weight excluding hydrogens is 342 g/mol. The molecule has 0 N–H and O–H groups in total. The van der Waals surface area contributed by atoms with Crippen molar-refractivity contribution in [3.8, 4) is 17.1 Å². The molecule has 1 aliphatic rings. The van der Waals surface area contributed by atoms with E-state index in [2.05, 4.69) is 10.1 Å². The van der Waals surface area contributed by atoms with Crippen LogP contribution >= 0.6 is 0 Å². The highest BCUT2D eigenvalue weighted by atomic mass is 32.2. The molecular formula is C17H23N3O4S. The number of rotatable bonds is 6. The second-order valence-corrected chi connectivity index (χ2v) is 8.29. The third-order valence-corrected chi connectivity index (χ3v) is 6.42. The summed E-state index contributed by atoms with van der Waals surface area (Å²) in [6.07, 6.45) is 2.27. The molecule has 0 bridgehead atoms. The molecule has 25 heavy (non-hydrogen) atoms. The van der Waals surface area contributed by atoms with Crippen LogP contribution in [0.3, 0.4) is 0 Å². The molecule has 1 fully saturated rings. The van der Waals surface area contributed by atoms with Crippen LogP contribution in [0.5, 0.6) is 5.75 Å². The van der Waals surface area contributed by atoms with Crippen LogP contribution in [0, 0.1) is 0 Å². The molecule has 2 aromatic rings. The molecule has 1 atom stereocenters. The van der Waals surface area contributed by atoms with Crippen molar-refractivity contribution in [2.45, 2.75) is 32.1 Å². The first kappa shape index (κ1) is 17.9. The summed E-state index contributed by atoms with van der Waals surface area (Å²) in [6.45, 7) is 2.85. The van der Waals surface area contributed by atoms with Gasteiger partial charge in [-0.1, -0.05) is 12.1 Å². The van der Waals surface area contributed by atoms with Crippen molar-refractivity contribution in [1.82, 2.24) is 14.4 Å². The largest absolute Gasteiger partial charge is 0.497 e. The van der Waals surface area contributed by atoms with E-state index in [4.69, 9.17) is 9.26 Å². The van der Waals surface area contributed by atoms with E-state index >= 15 is 0 Å². The van der Waals surface area contributed by atoms with Crippen molar-refractivity contribution in [1.29, 1.82) is 0 Å². The lowest BCUT2D eigenvalue weighted by Crippen LogP contribution is -2.40. The lowest BCUT2D eigenvalue weighted by Gasteiger charge is -2.30. The van der Waals surface area contributed by atoms with Crippen molar-refractivity contribution in [2.75, 3.05) is 26.0 Å². The lowest BCUT2D eigenvalue weighted by molar-refractivity contribution is 0.265. The van der Waals surface area contributed by atoms with Crippen LogP contribution in [0.15, 0.2) is 28.8 Å². The Balaban J connectivity index is 1.75. The van der Waals surface area contributed by atoms with Gasteiger partial charge in [-0.3, -0.25) is 0 Å².